The Kier molecular flexibility index (Phi) is 4.79. The molecular weight excluding hydrogens is 250 g/mol. The van der Waals surface area contributed by atoms with Crippen molar-refractivity contribution in [3.8, 4) is 5.75 Å². The van der Waals surface area contributed by atoms with Gasteiger partial charge in [-0.05, 0) is 57.0 Å². The van der Waals surface area contributed by atoms with Crippen LogP contribution in [-0.2, 0) is 0 Å². The van der Waals surface area contributed by atoms with Crippen LogP contribution in [0.1, 0.15) is 25.3 Å². The lowest BCUT2D eigenvalue weighted by Gasteiger charge is -2.17. The number of ether oxygens (including phenoxy) is 1. The van der Waals surface area contributed by atoms with Crippen molar-refractivity contribution in [1.29, 1.82) is 0 Å². The number of hydrogen-bond donors (Lipinski definition) is 2. The van der Waals surface area contributed by atoms with Crippen molar-refractivity contribution in [1.82, 2.24) is 4.98 Å². The molecule has 1 unspecified atom stereocenters. The molecule has 1 aromatic carbocycles. The summed E-state index contributed by atoms with van der Waals surface area (Å²) < 4.78 is 5.29. The molecule has 0 saturated heterocycles. The number of rotatable bonds is 6. The van der Waals surface area contributed by atoms with E-state index in [1.807, 2.05) is 24.4 Å². The minimum atomic E-state index is 0.391. The fraction of sp³-hybridized carbons (Fsp3) is 0.438. The quantitative estimate of drug-likeness (QED) is 0.849. The van der Waals surface area contributed by atoms with Gasteiger partial charge in [-0.15, -0.1) is 0 Å². The van der Waals surface area contributed by atoms with Crippen LogP contribution in [0.25, 0.3) is 10.9 Å². The zero-order chi connectivity index (χ0) is 14.5. The maximum atomic E-state index is 5.55. The predicted molar refractivity (Wildman–Crippen MR) is 84.4 cm³/mol. The van der Waals surface area contributed by atoms with Gasteiger partial charge in [0.15, 0.2) is 0 Å². The lowest BCUT2D eigenvalue weighted by Crippen LogP contribution is -2.17. The van der Waals surface area contributed by atoms with Crippen molar-refractivity contribution in [3.05, 3.63) is 30.0 Å². The van der Waals surface area contributed by atoms with Gasteiger partial charge in [0.05, 0.1) is 24.5 Å². The van der Waals surface area contributed by atoms with E-state index in [1.165, 1.54) is 5.56 Å². The molecular formula is C16H23N3O. The summed E-state index contributed by atoms with van der Waals surface area (Å²) >= 11 is 0. The van der Waals surface area contributed by atoms with E-state index >= 15 is 0 Å². The molecule has 0 amide bonds. The van der Waals surface area contributed by atoms with Crippen molar-refractivity contribution >= 4 is 16.6 Å². The molecule has 1 heterocycles. The Balaban J connectivity index is 2.28. The van der Waals surface area contributed by atoms with E-state index < -0.39 is 0 Å². The Morgan fingerprint density at radius 2 is 2.20 bits per heavy atom. The Morgan fingerprint density at radius 1 is 1.40 bits per heavy atom. The van der Waals surface area contributed by atoms with Crippen LogP contribution in [-0.4, -0.2) is 24.7 Å². The van der Waals surface area contributed by atoms with Gasteiger partial charge in [-0.2, -0.15) is 0 Å². The molecule has 0 saturated carbocycles. The minimum Gasteiger partial charge on any atom is -0.497 e. The number of nitrogens with two attached hydrogens (primary N) is 1. The number of hydrogen-bond acceptors (Lipinski definition) is 4. The van der Waals surface area contributed by atoms with E-state index in [1.54, 1.807) is 7.11 Å². The van der Waals surface area contributed by atoms with Crippen molar-refractivity contribution in [2.45, 2.75) is 32.7 Å². The average molecular weight is 273 g/mol. The molecule has 0 radical (unpaired) electrons. The van der Waals surface area contributed by atoms with E-state index in [4.69, 9.17) is 10.5 Å². The Labute approximate surface area is 120 Å². The largest absolute Gasteiger partial charge is 0.497 e. The number of aromatic nitrogens is 1. The third kappa shape index (κ3) is 3.20. The summed E-state index contributed by atoms with van der Waals surface area (Å²) in [5, 5.41) is 4.64. The topological polar surface area (TPSA) is 60.2 Å². The summed E-state index contributed by atoms with van der Waals surface area (Å²) in [5.41, 5.74) is 8.82. The van der Waals surface area contributed by atoms with Gasteiger partial charge < -0.3 is 15.8 Å². The van der Waals surface area contributed by atoms with E-state index in [0.717, 1.165) is 41.7 Å². The van der Waals surface area contributed by atoms with Gasteiger partial charge in [-0.3, -0.25) is 4.98 Å². The molecule has 108 valence electrons. The molecule has 0 aliphatic carbocycles. The highest BCUT2D eigenvalue weighted by Crippen LogP contribution is 2.27. The van der Waals surface area contributed by atoms with E-state index in [2.05, 4.69) is 24.1 Å². The first kappa shape index (κ1) is 14.6. The first-order chi connectivity index (χ1) is 9.65. The number of pyridine rings is 1. The van der Waals surface area contributed by atoms with Crippen LogP contribution in [0.4, 0.5) is 5.69 Å². The lowest BCUT2D eigenvalue weighted by atomic mass is 10.1. The van der Waals surface area contributed by atoms with Gasteiger partial charge in [0, 0.05) is 11.4 Å². The summed E-state index contributed by atoms with van der Waals surface area (Å²) in [6.07, 6.45) is 4.00. The summed E-state index contributed by atoms with van der Waals surface area (Å²) in [6.45, 7) is 5.02. The van der Waals surface area contributed by atoms with Crippen LogP contribution < -0.4 is 15.8 Å². The second-order valence-corrected chi connectivity index (χ2v) is 5.16. The standard InChI is InChI=1S/C16H23N3O/c1-11(5-4-8-17)19-16-10-18-15-7-6-13(20-3)9-14(15)12(16)2/h6-7,9-11,19H,4-5,8,17H2,1-3H3. The maximum Gasteiger partial charge on any atom is 0.119 e. The molecule has 0 spiro atoms. The number of nitrogens with zero attached hydrogens (tertiary/aromatic N) is 1. The molecule has 2 aromatic rings. The molecule has 4 heteroatoms. The van der Waals surface area contributed by atoms with Gasteiger partial charge in [0.1, 0.15) is 5.75 Å². The van der Waals surface area contributed by atoms with Gasteiger partial charge >= 0.3 is 0 Å². The van der Waals surface area contributed by atoms with Gasteiger partial charge in [0.25, 0.3) is 0 Å². The summed E-state index contributed by atoms with van der Waals surface area (Å²) in [7, 11) is 1.68. The molecule has 0 fully saturated rings. The average Bonchev–Trinajstić information content (AvgIpc) is 2.47. The van der Waals surface area contributed by atoms with E-state index in [0.29, 0.717) is 6.04 Å². The van der Waals surface area contributed by atoms with Crippen LogP contribution in [0, 0.1) is 6.92 Å². The molecule has 1 atom stereocenters. The van der Waals surface area contributed by atoms with Crippen molar-refractivity contribution < 1.29 is 4.74 Å². The third-order valence-electron chi connectivity index (χ3n) is 3.59. The molecule has 20 heavy (non-hydrogen) atoms. The molecule has 1 aromatic heterocycles. The van der Waals surface area contributed by atoms with Gasteiger partial charge in [-0.25, -0.2) is 0 Å². The number of nitrogens with one attached hydrogen (secondary N) is 1. The molecule has 0 bridgehead atoms. The van der Waals surface area contributed by atoms with Crippen LogP contribution in [0.2, 0.25) is 0 Å². The molecule has 0 aliphatic rings. The highest BCUT2D eigenvalue weighted by molar-refractivity contribution is 5.87. The lowest BCUT2D eigenvalue weighted by molar-refractivity contribution is 0.415. The highest BCUT2D eigenvalue weighted by atomic mass is 16.5. The summed E-state index contributed by atoms with van der Waals surface area (Å²) in [4.78, 5) is 4.51. The zero-order valence-corrected chi connectivity index (χ0v) is 12.4. The number of methoxy groups -OCH3 is 1. The number of benzene rings is 1. The summed E-state index contributed by atoms with van der Waals surface area (Å²) in [5.74, 6) is 0.857. The van der Waals surface area contributed by atoms with Crippen LogP contribution in [0.3, 0.4) is 0 Å². The number of anilines is 1. The molecule has 3 N–H and O–H groups in total. The predicted octanol–water partition coefficient (Wildman–Crippen LogP) is 3.09. The molecule has 0 aliphatic heterocycles. The molecule has 4 nitrogen and oxygen atoms in total. The van der Waals surface area contributed by atoms with Gasteiger partial charge in [0.2, 0.25) is 0 Å². The SMILES string of the molecule is COc1ccc2ncc(NC(C)CCCN)c(C)c2c1. The first-order valence-electron chi connectivity index (χ1n) is 7.05. The van der Waals surface area contributed by atoms with Gasteiger partial charge in [-0.1, -0.05) is 0 Å². The summed E-state index contributed by atoms with van der Waals surface area (Å²) in [6, 6.07) is 6.35. The van der Waals surface area contributed by atoms with Crippen LogP contribution in [0.5, 0.6) is 5.75 Å². The Bertz CT molecular complexity index is 583. The number of fused-ring (bicyclic) bond motifs is 1. The second-order valence-electron chi connectivity index (χ2n) is 5.16. The smallest absolute Gasteiger partial charge is 0.119 e. The Hall–Kier alpha value is -1.81. The first-order valence-corrected chi connectivity index (χ1v) is 7.05. The second kappa shape index (κ2) is 6.57. The molecule has 2 rings (SSSR count). The Morgan fingerprint density at radius 3 is 2.90 bits per heavy atom. The van der Waals surface area contributed by atoms with E-state index in [-0.39, 0.29) is 0 Å². The van der Waals surface area contributed by atoms with Crippen molar-refractivity contribution in [3.63, 3.8) is 0 Å². The van der Waals surface area contributed by atoms with E-state index in [9.17, 15) is 0 Å². The zero-order valence-electron chi connectivity index (χ0n) is 12.4. The van der Waals surface area contributed by atoms with Crippen molar-refractivity contribution in [2.75, 3.05) is 19.0 Å². The fourth-order valence-electron chi connectivity index (χ4n) is 2.34. The van der Waals surface area contributed by atoms with Crippen molar-refractivity contribution in [2.24, 2.45) is 5.73 Å². The highest BCUT2D eigenvalue weighted by Gasteiger charge is 2.08. The monoisotopic (exact) mass is 273 g/mol. The maximum absolute atomic E-state index is 5.55. The fourth-order valence-corrected chi connectivity index (χ4v) is 2.34. The normalized spacial score (nSPS) is 12.4. The number of aryl methyl sites for hydroxylation is 1. The van der Waals surface area contributed by atoms with Crippen LogP contribution >= 0.6 is 0 Å². The third-order valence-corrected chi connectivity index (χ3v) is 3.59. The van der Waals surface area contributed by atoms with Crippen LogP contribution in [0.15, 0.2) is 24.4 Å². The minimum absolute atomic E-state index is 0.391.